The third kappa shape index (κ3) is 4.50. The van der Waals surface area contributed by atoms with Crippen LogP contribution in [0, 0.1) is 11.8 Å². The molecule has 3 aromatic rings. The fourth-order valence-electron chi connectivity index (χ4n) is 2.11. The topological polar surface area (TPSA) is 122 Å². The quantitative estimate of drug-likeness (QED) is 0.662. The molecular formula is C18H13N3O5S. The SMILES string of the molecule is CS(=O)(=O)c1ccc(C#Cc2cccc(Oc3[nH]nnc3C(=O)O)c2)cc1. The molecule has 136 valence electrons. The first-order valence-corrected chi connectivity index (χ1v) is 9.46. The Hall–Kier alpha value is -3.64. The van der Waals surface area contributed by atoms with Crippen molar-refractivity contribution in [2.45, 2.75) is 4.90 Å². The zero-order valence-corrected chi connectivity index (χ0v) is 14.8. The summed E-state index contributed by atoms with van der Waals surface area (Å²) >= 11 is 0. The van der Waals surface area contributed by atoms with E-state index in [1.54, 1.807) is 36.4 Å². The van der Waals surface area contributed by atoms with Crippen molar-refractivity contribution in [2.75, 3.05) is 6.26 Å². The number of carboxylic acid groups (broad SMARTS) is 1. The van der Waals surface area contributed by atoms with E-state index >= 15 is 0 Å². The van der Waals surface area contributed by atoms with Gasteiger partial charge in [0.1, 0.15) is 5.75 Å². The molecule has 27 heavy (non-hydrogen) atoms. The lowest BCUT2D eigenvalue weighted by Gasteiger charge is -2.03. The standard InChI is InChI=1S/C18H13N3O5S/c1-27(24,25)15-9-7-12(8-10-15)5-6-13-3-2-4-14(11-13)26-17-16(18(22)23)19-21-20-17/h2-4,7-11H,1H3,(H,22,23)(H,19,20,21). The van der Waals surface area contributed by atoms with Crippen LogP contribution < -0.4 is 4.74 Å². The van der Waals surface area contributed by atoms with Crippen LogP contribution >= 0.6 is 0 Å². The number of benzene rings is 2. The van der Waals surface area contributed by atoms with Gasteiger partial charge in [-0.15, -0.1) is 5.10 Å². The molecule has 0 spiro atoms. The predicted octanol–water partition coefficient (Wildman–Crippen LogP) is 2.10. The fourth-order valence-corrected chi connectivity index (χ4v) is 2.75. The number of carboxylic acids is 1. The Morgan fingerprint density at radius 3 is 2.48 bits per heavy atom. The largest absolute Gasteiger partial charge is 0.476 e. The number of aromatic amines is 1. The van der Waals surface area contributed by atoms with Gasteiger partial charge >= 0.3 is 5.97 Å². The van der Waals surface area contributed by atoms with Crippen LogP contribution in [0.2, 0.25) is 0 Å². The third-order valence-electron chi connectivity index (χ3n) is 3.41. The summed E-state index contributed by atoms with van der Waals surface area (Å²) in [5, 5.41) is 18.2. The molecule has 2 aromatic carbocycles. The lowest BCUT2D eigenvalue weighted by molar-refractivity contribution is 0.0687. The van der Waals surface area contributed by atoms with E-state index in [0.29, 0.717) is 16.9 Å². The van der Waals surface area contributed by atoms with E-state index in [4.69, 9.17) is 9.84 Å². The zero-order chi connectivity index (χ0) is 19.4. The van der Waals surface area contributed by atoms with E-state index in [1.807, 2.05) is 0 Å². The second kappa shape index (κ2) is 7.31. The molecule has 0 aliphatic rings. The number of carbonyl (C=O) groups is 1. The number of nitrogens with zero attached hydrogens (tertiary/aromatic N) is 2. The minimum Gasteiger partial charge on any atom is -0.476 e. The Balaban J connectivity index is 1.80. The molecule has 0 unspecified atom stereocenters. The molecule has 0 radical (unpaired) electrons. The van der Waals surface area contributed by atoms with Gasteiger partial charge in [0.2, 0.25) is 5.69 Å². The highest BCUT2D eigenvalue weighted by atomic mass is 32.2. The normalized spacial score (nSPS) is 10.7. The molecule has 0 amide bonds. The minimum absolute atomic E-state index is 0.0797. The van der Waals surface area contributed by atoms with E-state index in [1.165, 1.54) is 12.1 Å². The van der Waals surface area contributed by atoms with Gasteiger partial charge in [-0.05, 0) is 42.5 Å². The van der Waals surface area contributed by atoms with Crippen molar-refractivity contribution in [2.24, 2.45) is 0 Å². The summed E-state index contributed by atoms with van der Waals surface area (Å²) in [5.41, 5.74) is 0.959. The second-order valence-corrected chi connectivity index (χ2v) is 7.49. The van der Waals surface area contributed by atoms with Crippen molar-refractivity contribution >= 4 is 15.8 Å². The van der Waals surface area contributed by atoms with Gasteiger partial charge in [-0.25, -0.2) is 18.3 Å². The van der Waals surface area contributed by atoms with Crippen LogP contribution in [-0.2, 0) is 9.84 Å². The van der Waals surface area contributed by atoms with Crippen molar-refractivity contribution in [3.8, 4) is 23.5 Å². The van der Waals surface area contributed by atoms with Crippen molar-refractivity contribution in [1.82, 2.24) is 15.4 Å². The molecule has 1 aromatic heterocycles. The summed E-state index contributed by atoms with van der Waals surface area (Å²) < 4.78 is 28.4. The first-order chi connectivity index (χ1) is 12.8. The molecule has 0 aliphatic carbocycles. The summed E-state index contributed by atoms with van der Waals surface area (Å²) in [7, 11) is -3.25. The second-order valence-electron chi connectivity index (χ2n) is 5.47. The maximum Gasteiger partial charge on any atom is 0.362 e. The number of H-pyrrole nitrogens is 1. The predicted molar refractivity (Wildman–Crippen MR) is 95.4 cm³/mol. The number of nitrogens with one attached hydrogen (secondary N) is 1. The molecule has 9 heteroatoms. The van der Waals surface area contributed by atoms with Gasteiger partial charge in [0.25, 0.3) is 5.88 Å². The molecule has 8 nitrogen and oxygen atoms in total. The Labute approximate surface area is 154 Å². The van der Waals surface area contributed by atoms with Gasteiger partial charge in [0.05, 0.1) is 4.90 Å². The highest BCUT2D eigenvalue weighted by molar-refractivity contribution is 7.90. The molecule has 0 atom stereocenters. The van der Waals surface area contributed by atoms with Crippen LogP contribution in [0.5, 0.6) is 11.6 Å². The van der Waals surface area contributed by atoms with Gasteiger partial charge in [-0.1, -0.05) is 23.1 Å². The minimum atomic E-state index is -3.25. The fraction of sp³-hybridized carbons (Fsp3) is 0.0556. The number of aromatic carboxylic acids is 1. The Kier molecular flexibility index (Phi) is 4.92. The monoisotopic (exact) mass is 383 g/mol. The molecule has 0 saturated heterocycles. The van der Waals surface area contributed by atoms with E-state index in [0.717, 1.165) is 6.26 Å². The van der Waals surface area contributed by atoms with Crippen LogP contribution in [-0.4, -0.2) is 41.2 Å². The molecular weight excluding hydrogens is 370 g/mol. The van der Waals surface area contributed by atoms with Crippen LogP contribution in [0.15, 0.2) is 53.4 Å². The number of sulfone groups is 1. The molecule has 3 rings (SSSR count). The zero-order valence-electron chi connectivity index (χ0n) is 14.0. The number of aromatic nitrogens is 3. The molecule has 0 fully saturated rings. The van der Waals surface area contributed by atoms with Gasteiger partial charge in [-0.2, -0.15) is 0 Å². The molecule has 0 bridgehead atoms. The number of hydrogen-bond acceptors (Lipinski definition) is 6. The number of ether oxygens (including phenoxy) is 1. The Morgan fingerprint density at radius 2 is 1.81 bits per heavy atom. The highest BCUT2D eigenvalue weighted by Gasteiger charge is 2.16. The lowest BCUT2D eigenvalue weighted by Crippen LogP contribution is -1.99. The van der Waals surface area contributed by atoms with Crippen molar-refractivity contribution in [1.29, 1.82) is 0 Å². The van der Waals surface area contributed by atoms with E-state index in [-0.39, 0.29) is 16.5 Å². The van der Waals surface area contributed by atoms with Crippen molar-refractivity contribution in [3.63, 3.8) is 0 Å². The van der Waals surface area contributed by atoms with E-state index in [2.05, 4.69) is 27.3 Å². The maximum absolute atomic E-state index is 11.5. The average Bonchev–Trinajstić information content (AvgIpc) is 3.08. The van der Waals surface area contributed by atoms with Crippen molar-refractivity contribution in [3.05, 3.63) is 65.4 Å². The summed E-state index contributed by atoms with van der Waals surface area (Å²) in [6.07, 6.45) is 1.14. The number of hydrogen-bond donors (Lipinski definition) is 2. The van der Waals surface area contributed by atoms with Gasteiger partial charge in [0, 0.05) is 17.4 Å². The van der Waals surface area contributed by atoms with E-state index < -0.39 is 15.8 Å². The first kappa shape index (κ1) is 18.2. The highest BCUT2D eigenvalue weighted by Crippen LogP contribution is 2.22. The summed E-state index contributed by atoms with van der Waals surface area (Å²) in [6, 6.07) is 13.0. The smallest absolute Gasteiger partial charge is 0.362 e. The summed E-state index contributed by atoms with van der Waals surface area (Å²) in [6.45, 7) is 0. The van der Waals surface area contributed by atoms with Crippen LogP contribution in [0.4, 0.5) is 0 Å². The first-order valence-electron chi connectivity index (χ1n) is 7.57. The third-order valence-corrected chi connectivity index (χ3v) is 4.54. The Bertz CT molecular complexity index is 1160. The van der Waals surface area contributed by atoms with Crippen LogP contribution in [0.25, 0.3) is 0 Å². The number of rotatable bonds is 4. The average molecular weight is 383 g/mol. The van der Waals surface area contributed by atoms with Crippen molar-refractivity contribution < 1.29 is 23.1 Å². The lowest BCUT2D eigenvalue weighted by atomic mass is 10.2. The van der Waals surface area contributed by atoms with E-state index in [9.17, 15) is 13.2 Å². The maximum atomic E-state index is 11.5. The molecule has 1 heterocycles. The molecule has 2 N–H and O–H groups in total. The summed E-state index contributed by atoms with van der Waals surface area (Å²) in [5.74, 6) is 4.89. The summed E-state index contributed by atoms with van der Waals surface area (Å²) in [4.78, 5) is 11.3. The van der Waals surface area contributed by atoms with Crippen LogP contribution in [0.1, 0.15) is 21.6 Å². The van der Waals surface area contributed by atoms with Crippen LogP contribution in [0.3, 0.4) is 0 Å². The van der Waals surface area contributed by atoms with Gasteiger partial charge in [0.15, 0.2) is 9.84 Å². The van der Waals surface area contributed by atoms with Gasteiger partial charge in [-0.3, -0.25) is 0 Å². The molecule has 0 saturated carbocycles. The van der Waals surface area contributed by atoms with Gasteiger partial charge < -0.3 is 9.84 Å². The Morgan fingerprint density at radius 1 is 1.11 bits per heavy atom. The molecule has 0 aliphatic heterocycles.